The SMILES string of the molecule is Cc1cc(Cl)cc2sc(N(CC3CCCO3)C(=O)c3cccc(SC(C)C)c3)nc12. The average Bonchev–Trinajstić information content (AvgIpc) is 3.35. The molecule has 0 N–H and O–H groups in total. The summed E-state index contributed by atoms with van der Waals surface area (Å²) in [5, 5.41) is 1.83. The van der Waals surface area contributed by atoms with Gasteiger partial charge in [0, 0.05) is 27.3 Å². The van der Waals surface area contributed by atoms with E-state index in [9.17, 15) is 4.79 Å². The maximum Gasteiger partial charge on any atom is 0.260 e. The quantitative estimate of drug-likeness (QED) is 0.389. The number of ether oxygens (including phenoxy) is 1. The third-order valence-electron chi connectivity index (χ3n) is 4.98. The highest BCUT2D eigenvalue weighted by Gasteiger charge is 2.27. The zero-order valence-corrected chi connectivity index (χ0v) is 19.7. The van der Waals surface area contributed by atoms with E-state index in [0.29, 0.717) is 27.5 Å². The van der Waals surface area contributed by atoms with E-state index in [2.05, 4.69) is 19.9 Å². The Labute approximate surface area is 190 Å². The molecular formula is C23H25ClN2O2S2. The molecule has 0 bridgehead atoms. The van der Waals surface area contributed by atoms with Crippen LogP contribution < -0.4 is 4.90 Å². The Balaban J connectivity index is 1.71. The van der Waals surface area contributed by atoms with E-state index in [1.54, 1.807) is 16.7 Å². The molecule has 1 atom stereocenters. The number of halogens is 1. The first-order valence-electron chi connectivity index (χ1n) is 10.2. The molecule has 4 rings (SSSR count). The fraction of sp³-hybridized carbons (Fsp3) is 0.391. The zero-order valence-electron chi connectivity index (χ0n) is 17.4. The van der Waals surface area contributed by atoms with Gasteiger partial charge in [-0.05, 0) is 55.7 Å². The molecule has 0 spiro atoms. The fourth-order valence-electron chi connectivity index (χ4n) is 3.63. The van der Waals surface area contributed by atoms with Gasteiger partial charge in [-0.15, -0.1) is 11.8 Å². The number of thioether (sulfide) groups is 1. The summed E-state index contributed by atoms with van der Waals surface area (Å²) in [6.07, 6.45) is 2.03. The van der Waals surface area contributed by atoms with Gasteiger partial charge in [-0.25, -0.2) is 4.98 Å². The van der Waals surface area contributed by atoms with Crippen molar-refractivity contribution in [1.29, 1.82) is 0 Å². The lowest BCUT2D eigenvalue weighted by molar-refractivity contribution is 0.0917. The molecule has 1 aliphatic heterocycles. The van der Waals surface area contributed by atoms with E-state index in [0.717, 1.165) is 40.1 Å². The number of hydrogen-bond donors (Lipinski definition) is 0. The van der Waals surface area contributed by atoms with Crippen LogP contribution in [0.2, 0.25) is 5.02 Å². The number of carbonyl (C=O) groups is 1. The Bertz CT molecular complexity index is 1060. The largest absolute Gasteiger partial charge is 0.376 e. The van der Waals surface area contributed by atoms with Crippen molar-refractivity contribution in [2.45, 2.75) is 49.9 Å². The van der Waals surface area contributed by atoms with Crippen molar-refractivity contribution in [3.05, 3.63) is 52.5 Å². The predicted octanol–water partition coefficient (Wildman–Crippen LogP) is 6.58. The molecule has 1 fully saturated rings. The lowest BCUT2D eigenvalue weighted by Gasteiger charge is -2.23. The number of thiazole rings is 1. The van der Waals surface area contributed by atoms with E-state index in [-0.39, 0.29) is 12.0 Å². The number of hydrogen-bond acceptors (Lipinski definition) is 5. The molecule has 0 aliphatic carbocycles. The number of anilines is 1. The molecule has 2 aromatic carbocycles. The first-order chi connectivity index (χ1) is 14.4. The van der Waals surface area contributed by atoms with E-state index >= 15 is 0 Å². The Morgan fingerprint density at radius 1 is 1.37 bits per heavy atom. The Kier molecular flexibility index (Phi) is 6.68. The summed E-state index contributed by atoms with van der Waals surface area (Å²) < 4.78 is 6.83. The number of amides is 1. The van der Waals surface area contributed by atoms with Gasteiger partial charge in [0.1, 0.15) is 0 Å². The molecule has 1 saturated heterocycles. The van der Waals surface area contributed by atoms with Crippen LogP contribution in [0.1, 0.15) is 42.6 Å². The van der Waals surface area contributed by atoms with Gasteiger partial charge in [0.15, 0.2) is 5.13 Å². The molecule has 0 radical (unpaired) electrons. The fourth-order valence-corrected chi connectivity index (χ4v) is 5.95. The number of aromatic nitrogens is 1. The summed E-state index contributed by atoms with van der Waals surface area (Å²) in [5.74, 6) is -0.0421. The number of carbonyl (C=O) groups excluding carboxylic acids is 1. The van der Waals surface area contributed by atoms with Crippen LogP contribution in [0.25, 0.3) is 10.2 Å². The van der Waals surface area contributed by atoms with Gasteiger partial charge in [0.2, 0.25) is 0 Å². The molecule has 4 nitrogen and oxygen atoms in total. The topological polar surface area (TPSA) is 42.4 Å². The van der Waals surface area contributed by atoms with Crippen LogP contribution in [0.15, 0.2) is 41.3 Å². The summed E-state index contributed by atoms with van der Waals surface area (Å²) in [4.78, 5) is 21.3. The molecule has 158 valence electrons. The van der Waals surface area contributed by atoms with Crippen LogP contribution in [0, 0.1) is 6.92 Å². The number of rotatable bonds is 6. The number of benzene rings is 2. The second kappa shape index (κ2) is 9.27. The molecule has 3 aromatic rings. The van der Waals surface area contributed by atoms with Crippen molar-refractivity contribution in [2.24, 2.45) is 0 Å². The van der Waals surface area contributed by atoms with E-state index < -0.39 is 0 Å². The van der Waals surface area contributed by atoms with Crippen LogP contribution in [-0.4, -0.2) is 35.4 Å². The lowest BCUT2D eigenvalue weighted by atomic mass is 10.1. The second-order valence-electron chi connectivity index (χ2n) is 7.81. The summed E-state index contributed by atoms with van der Waals surface area (Å²) in [7, 11) is 0. The number of nitrogens with zero attached hydrogens (tertiary/aromatic N) is 2. The van der Waals surface area contributed by atoms with Gasteiger partial charge >= 0.3 is 0 Å². The summed E-state index contributed by atoms with van der Waals surface area (Å²) >= 11 is 9.50. The summed E-state index contributed by atoms with van der Waals surface area (Å²) in [6.45, 7) is 7.56. The van der Waals surface area contributed by atoms with Crippen molar-refractivity contribution in [1.82, 2.24) is 4.98 Å². The molecular weight excluding hydrogens is 436 g/mol. The van der Waals surface area contributed by atoms with Crippen LogP contribution in [0.4, 0.5) is 5.13 Å². The molecule has 1 aliphatic rings. The Morgan fingerprint density at radius 3 is 2.93 bits per heavy atom. The van der Waals surface area contributed by atoms with Crippen LogP contribution in [-0.2, 0) is 4.74 Å². The van der Waals surface area contributed by atoms with Crippen LogP contribution >= 0.6 is 34.7 Å². The molecule has 7 heteroatoms. The van der Waals surface area contributed by atoms with Crippen molar-refractivity contribution >= 4 is 56.0 Å². The van der Waals surface area contributed by atoms with Gasteiger partial charge < -0.3 is 4.74 Å². The molecule has 30 heavy (non-hydrogen) atoms. The number of aryl methyl sites for hydroxylation is 1. The van der Waals surface area contributed by atoms with Gasteiger partial charge in [-0.2, -0.15) is 0 Å². The first-order valence-corrected chi connectivity index (χ1v) is 12.2. The average molecular weight is 461 g/mol. The Morgan fingerprint density at radius 2 is 2.20 bits per heavy atom. The second-order valence-corrected chi connectivity index (χ2v) is 10.9. The molecule has 2 heterocycles. The Hall–Kier alpha value is -1.60. The minimum absolute atomic E-state index is 0.0406. The van der Waals surface area contributed by atoms with Gasteiger partial charge in [-0.3, -0.25) is 9.69 Å². The van der Waals surface area contributed by atoms with Crippen LogP contribution in [0.3, 0.4) is 0 Å². The summed E-state index contributed by atoms with van der Waals surface area (Å²) in [6, 6.07) is 11.7. The van der Waals surface area contributed by atoms with Crippen LogP contribution in [0.5, 0.6) is 0 Å². The predicted molar refractivity (Wildman–Crippen MR) is 127 cm³/mol. The molecule has 1 unspecified atom stereocenters. The van der Waals surface area contributed by atoms with Crippen molar-refractivity contribution in [2.75, 3.05) is 18.1 Å². The van der Waals surface area contributed by atoms with Gasteiger partial charge in [-0.1, -0.05) is 42.9 Å². The van der Waals surface area contributed by atoms with Crippen molar-refractivity contribution in [3.63, 3.8) is 0 Å². The van der Waals surface area contributed by atoms with Gasteiger partial charge in [0.25, 0.3) is 5.91 Å². The monoisotopic (exact) mass is 460 g/mol. The highest BCUT2D eigenvalue weighted by molar-refractivity contribution is 7.99. The van der Waals surface area contributed by atoms with Gasteiger partial charge in [0.05, 0.1) is 22.9 Å². The minimum atomic E-state index is -0.0421. The van der Waals surface area contributed by atoms with Crippen molar-refractivity contribution < 1.29 is 9.53 Å². The third-order valence-corrected chi connectivity index (χ3v) is 7.22. The standard InChI is InChI=1S/C23H25ClN2O2S2/c1-14(2)29-19-8-4-6-16(11-19)22(27)26(13-18-7-5-9-28-18)23-25-21-15(3)10-17(24)12-20(21)30-23/h4,6,8,10-12,14,18H,5,7,9,13H2,1-3H3. The smallest absolute Gasteiger partial charge is 0.260 e. The van der Waals surface area contributed by atoms with Crippen molar-refractivity contribution in [3.8, 4) is 0 Å². The maximum atomic E-state index is 13.6. The first kappa shape index (κ1) is 21.6. The van der Waals surface area contributed by atoms with E-state index in [1.807, 2.05) is 37.3 Å². The molecule has 0 saturated carbocycles. The third kappa shape index (κ3) is 4.83. The van der Waals surface area contributed by atoms with E-state index in [4.69, 9.17) is 21.3 Å². The van der Waals surface area contributed by atoms with E-state index in [1.165, 1.54) is 11.3 Å². The minimum Gasteiger partial charge on any atom is -0.376 e. The lowest BCUT2D eigenvalue weighted by Crippen LogP contribution is -2.37. The highest BCUT2D eigenvalue weighted by atomic mass is 35.5. The normalized spacial score (nSPS) is 16.5. The summed E-state index contributed by atoms with van der Waals surface area (Å²) in [5.41, 5.74) is 2.58. The molecule has 1 aromatic heterocycles. The highest BCUT2D eigenvalue weighted by Crippen LogP contribution is 2.34. The molecule has 1 amide bonds. The maximum absolute atomic E-state index is 13.6. The zero-order chi connectivity index (χ0) is 21.3. The number of fused-ring (bicyclic) bond motifs is 1.